The topological polar surface area (TPSA) is 55.6 Å². The van der Waals surface area contributed by atoms with Crippen molar-refractivity contribution in [3.05, 3.63) is 41.2 Å². The van der Waals surface area contributed by atoms with Crippen LogP contribution in [0.5, 0.6) is 0 Å². The lowest BCUT2D eigenvalue weighted by atomic mass is 10.0. The number of hydrogen-bond donors (Lipinski definition) is 1. The van der Waals surface area contributed by atoms with Crippen molar-refractivity contribution in [3.63, 3.8) is 0 Å². The fraction of sp³-hybridized carbons (Fsp3) is 0.562. The molecule has 1 N–H and O–H groups in total. The van der Waals surface area contributed by atoms with Gasteiger partial charge in [0.05, 0.1) is 0 Å². The Balaban J connectivity index is 2.28. The third-order valence-electron chi connectivity index (χ3n) is 3.61. The van der Waals surface area contributed by atoms with Gasteiger partial charge in [0.2, 0.25) is 0 Å². The van der Waals surface area contributed by atoms with E-state index in [1.165, 1.54) is 5.56 Å². The van der Waals surface area contributed by atoms with Gasteiger partial charge in [-0.25, -0.2) is 9.67 Å². The second-order valence-electron chi connectivity index (χ2n) is 5.66. The summed E-state index contributed by atoms with van der Waals surface area (Å²) in [5, 5.41) is 7.86. The Kier molecular flexibility index (Phi) is 5.07. The zero-order valence-electron chi connectivity index (χ0n) is 13.6. The summed E-state index contributed by atoms with van der Waals surface area (Å²) >= 11 is 0. The molecule has 0 aliphatic rings. The standard InChI is InChI=1S/C16H25N5/c1-6-17-15(14-8-7-12(4)20-13(14)5)9-16-18-10-19-21(16)11(2)3/h7-8,10-11,15,17H,6,9H2,1-5H3. The van der Waals surface area contributed by atoms with Crippen molar-refractivity contribution in [2.24, 2.45) is 0 Å². The molecule has 0 saturated carbocycles. The summed E-state index contributed by atoms with van der Waals surface area (Å²) < 4.78 is 1.99. The molecule has 0 fully saturated rings. The molecule has 2 aromatic rings. The molecule has 5 heteroatoms. The second kappa shape index (κ2) is 6.80. The SMILES string of the molecule is CCNC(Cc1ncnn1C(C)C)c1ccc(C)nc1C. The van der Waals surface area contributed by atoms with Crippen LogP contribution in [0.4, 0.5) is 0 Å². The molecule has 0 aliphatic heterocycles. The number of rotatable bonds is 6. The lowest BCUT2D eigenvalue weighted by Crippen LogP contribution is -2.26. The van der Waals surface area contributed by atoms with Crippen molar-refractivity contribution < 1.29 is 0 Å². The van der Waals surface area contributed by atoms with Crippen LogP contribution in [0.15, 0.2) is 18.5 Å². The summed E-state index contributed by atoms with van der Waals surface area (Å²) in [6.07, 6.45) is 2.45. The average molecular weight is 287 g/mol. The van der Waals surface area contributed by atoms with Gasteiger partial charge in [0.15, 0.2) is 0 Å². The first-order valence-corrected chi connectivity index (χ1v) is 7.58. The van der Waals surface area contributed by atoms with Gasteiger partial charge in [0, 0.05) is 29.9 Å². The van der Waals surface area contributed by atoms with Crippen molar-refractivity contribution in [2.45, 2.75) is 53.1 Å². The van der Waals surface area contributed by atoms with Crippen LogP contribution in [0.2, 0.25) is 0 Å². The van der Waals surface area contributed by atoms with Crippen LogP contribution < -0.4 is 5.32 Å². The van der Waals surface area contributed by atoms with Crippen molar-refractivity contribution in [3.8, 4) is 0 Å². The van der Waals surface area contributed by atoms with Gasteiger partial charge < -0.3 is 5.32 Å². The molecule has 2 heterocycles. The summed E-state index contributed by atoms with van der Waals surface area (Å²) in [7, 11) is 0. The summed E-state index contributed by atoms with van der Waals surface area (Å²) in [4.78, 5) is 9.00. The van der Waals surface area contributed by atoms with Gasteiger partial charge in [-0.2, -0.15) is 5.10 Å². The third kappa shape index (κ3) is 3.67. The quantitative estimate of drug-likeness (QED) is 0.887. The van der Waals surface area contributed by atoms with Crippen molar-refractivity contribution in [1.29, 1.82) is 0 Å². The highest BCUT2D eigenvalue weighted by Gasteiger charge is 2.18. The molecule has 0 bridgehead atoms. The Morgan fingerprint density at radius 3 is 2.62 bits per heavy atom. The number of aryl methyl sites for hydroxylation is 2. The van der Waals surface area contributed by atoms with E-state index in [2.05, 4.69) is 60.2 Å². The Morgan fingerprint density at radius 2 is 2.00 bits per heavy atom. The highest BCUT2D eigenvalue weighted by atomic mass is 15.3. The van der Waals surface area contributed by atoms with Crippen molar-refractivity contribution in [2.75, 3.05) is 6.54 Å². The van der Waals surface area contributed by atoms with Gasteiger partial charge >= 0.3 is 0 Å². The minimum atomic E-state index is 0.213. The Bertz CT molecular complexity index is 588. The first kappa shape index (κ1) is 15.6. The molecule has 5 nitrogen and oxygen atoms in total. The number of hydrogen-bond acceptors (Lipinski definition) is 4. The summed E-state index contributed by atoms with van der Waals surface area (Å²) in [6, 6.07) is 4.77. The van der Waals surface area contributed by atoms with Gasteiger partial charge in [0.1, 0.15) is 12.2 Å². The number of nitrogens with zero attached hydrogens (tertiary/aromatic N) is 4. The van der Waals surface area contributed by atoms with Crippen molar-refractivity contribution >= 4 is 0 Å². The maximum Gasteiger partial charge on any atom is 0.138 e. The van der Waals surface area contributed by atoms with Crippen LogP contribution in [-0.2, 0) is 6.42 Å². The molecule has 1 atom stereocenters. The lowest BCUT2D eigenvalue weighted by molar-refractivity contribution is 0.467. The molecule has 0 saturated heterocycles. The number of aromatic nitrogens is 4. The molecule has 21 heavy (non-hydrogen) atoms. The van der Waals surface area contributed by atoms with Gasteiger partial charge in [-0.05, 0) is 45.9 Å². The largest absolute Gasteiger partial charge is 0.310 e. The Labute approximate surface area is 126 Å². The van der Waals surface area contributed by atoms with Gasteiger partial charge in [0.25, 0.3) is 0 Å². The Morgan fingerprint density at radius 1 is 1.24 bits per heavy atom. The van der Waals surface area contributed by atoms with E-state index >= 15 is 0 Å². The molecule has 1 unspecified atom stereocenters. The van der Waals surface area contributed by atoms with Crippen LogP contribution in [0, 0.1) is 13.8 Å². The molecule has 2 aromatic heterocycles. The maximum atomic E-state index is 4.58. The number of pyridine rings is 1. The van der Waals surface area contributed by atoms with E-state index in [0.29, 0.717) is 6.04 Å². The van der Waals surface area contributed by atoms with Crippen molar-refractivity contribution in [1.82, 2.24) is 25.1 Å². The first-order chi connectivity index (χ1) is 10.0. The molecular formula is C16H25N5. The predicted molar refractivity (Wildman–Crippen MR) is 84.2 cm³/mol. The zero-order chi connectivity index (χ0) is 15.4. The van der Waals surface area contributed by atoms with Gasteiger partial charge in [-0.15, -0.1) is 0 Å². The fourth-order valence-corrected chi connectivity index (χ4v) is 2.64. The molecule has 0 radical (unpaired) electrons. The van der Waals surface area contributed by atoms with Crippen LogP contribution in [0.1, 0.15) is 55.6 Å². The van der Waals surface area contributed by atoms with E-state index in [1.54, 1.807) is 6.33 Å². The molecule has 0 aliphatic carbocycles. The van der Waals surface area contributed by atoms with E-state index in [0.717, 1.165) is 30.2 Å². The van der Waals surface area contributed by atoms with E-state index in [9.17, 15) is 0 Å². The molecule has 0 aromatic carbocycles. The van der Waals surface area contributed by atoms with Crippen LogP contribution >= 0.6 is 0 Å². The predicted octanol–water partition coefficient (Wildman–Crippen LogP) is 2.76. The van der Waals surface area contributed by atoms with E-state index in [-0.39, 0.29) is 6.04 Å². The third-order valence-corrected chi connectivity index (χ3v) is 3.61. The summed E-state index contributed by atoms with van der Waals surface area (Å²) in [6.45, 7) is 11.4. The fourth-order valence-electron chi connectivity index (χ4n) is 2.64. The molecule has 0 amide bonds. The summed E-state index contributed by atoms with van der Waals surface area (Å²) in [5.41, 5.74) is 3.37. The van der Waals surface area contributed by atoms with Crippen LogP contribution in [-0.4, -0.2) is 26.3 Å². The monoisotopic (exact) mass is 287 g/mol. The van der Waals surface area contributed by atoms with E-state index in [1.807, 2.05) is 11.6 Å². The van der Waals surface area contributed by atoms with E-state index < -0.39 is 0 Å². The lowest BCUT2D eigenvalue weighted by Gasteiger charge is -2.20. The molecule has 114 valence electrons. The highest BCUT2D eigenvalue weighted by molar-refractivity contribution is 5.26. The average Bonchev–Trinajstić information content (AvgIpc) is 2.86. The Hall–Kier alpha value is -1.75. The molecule has 2 rings (SSSR count). The normalized spacial score (nSPS) is 12.9. The zero-order valence-corrected chi connectivity index (χ0v) is 13.6. The minimum absolute atomic E-state index is 0.213. The smallest absolute Gasteiger partial charge is 0.138 e. The molecule has 0 spiro atoms. The highest BCUT2D eigenvalue weighted by Crippen LogP contribution is 2.21. The maximum absolute atomic E-state index is 4.58. The van der Waals surface area contributed by atoms with Gasteiger partial charge in [-0.1, -0.05) is 13.0 Å². The number of nitrogens with one attached hydrogen (secondary N) is 1. The second-order valence-corrected chi connectivity index (χ2v) is 5.66. The minimum Gasteiger partial charge on any atom is -0.310 e. The summed E-state index contributed by atoms with van der Waals surface area (Å²) in [5.74, 6) is 1.01. The van der Waals surface area contributed by atoms with E-state index in [4.69, 9.17) is 0 Å². The first-order valence-electron chi connectivity index (χ1n) is 7.58. The molecular weight excluding hydrogens is 262 g/mol. The number of likely N-dealkylation sites (N-methyl/N-ethyl adjacent to an activating group) is 1. The van der Waals surface area contributed by atoms with Gasteiger partial charge in [-0.3, -0.25) is 4.98 Å². The van der Waals surface area contributed by atoms with Crippen LogP contribution in [0.25, 0.3) is 0 Å². The van der Waals surface area contributed by atoms with Crippen LogP contribution in [0.3, 0.4) is 0 Å².